The molecule has 154 valence electrons. The Kier molecular flexibility index (Phi) is 6.87. The van der Waals surface area contributed by atoms with E-state index in [1.54, 1.807) is 0 Å². The van der Waals surface area contributed by atoms with E-state index in [-0.39, 0.29) is 31.0 Å². The Hall–Kier alpha value is -3.59. The van der Waals surface area contributed by atoms with Crippen molar-refractivity contribution in [2.75, 3.05) is 5.32 Å². The summed E-state index contributed by atoms with van der Waals surface area (Å²) in [5.41, 5.74) is 3.49. The van der Waals surface area contributed by atoms with Gasteiger partial charge in [0.15, 0.2) is 5.13 Å². The molecule has 30 heavy (non-hydrogen) atoms. The zero-order chi connectivity index (χ0) is 21.5. The summed E-state index contributed by atoms with van der Waals surface area (Å²) >= 11 is 1.31. The number of aryl methyl sites for hydroxylation is 1. The first-order valence-corrected chi connectivity index (χ1v) is 10.00. The van der Waals surface area contributed by atoms with Crippen molar-refractivity contribution in [2.45, 2.75) is 26.4 Å². The van der Waals surface area contributed by atoms with Gasteiger partial charge in [-0.15, -0.1) is 11.3 Å². The highest BCUT2D eigenvalue weighted by Gasteiger charge is 2.12. The minimum Gasteiger partial charge on any atom is -0.461 e. The van der Waals surface area contributed by atoms with Crippen molar-refractivity contribution in [3.05, 3.63) is 75.2 Å². The number of hydrogen-bond donors (Lipinski definition) is 1. The van der Waals surface area contributed by atoms with Gasteiger partial charge in [-0.1, -0.05) is 29.8 Å². The maximum absolute atomic E-state index is 12.1. The fourth-order valence-corrected chi connectivity index (χ4v) is 3.27. The number of nitro benzene ring substituents is 1. The van der Waals surface area contributed by atoms with E-state index in [0.29, 0.717) is 10.7 Å². The van der Waals surface area contributed by atoms with Gasteiger partial charge >= 0.3 is 5.97 Å². The van der Waals surface area contributed by atoms with Gasteiger partial charge in [0.05, 0.1) is 17.0 Å². The van der Waals surface area contributed by atoms with Gasteiger partial charge in [0.1, 0.15) is 6.61 Å². The third-order valence-electron chi connectivity index (χ3n) is 4.20. The Labute approximate surface area is 176 Å². The third-order valence-corrected chi connectivity index (χ3v) is 4.96. The van der Waals surface area contributed by atoms with Gasteiger partial charge in [0, 0.05) is 29.5 Å². The lowest BCUT2D eigenvalue weighted by Crippen LogP contribution is -2.14. The highest BCUT2D eigenvalue weighted by Crippen LogP contribution is 2.25. The molecule has 1 amide bonds. The Morgan fingerprint density at radius 2 is 1.80 bits per heavy atom. The minimum atomic E-state index is -0.525. The van der Waals surface area contributed by atoms with Crippen molar-refractivity contribution in [2.24, 2.45) is 0 Å². The molecule has 0 aliphatic carbocycles. The average Bonchev–Trinajstić information content (AvgIpc) is 3.20. The molecule has 0 fully saturated rings. The number of nitro groups is 1. The van der Waals surface area contributed by atoms with E-state index in [0.717, 1.165) is 16.8 Å². The van der Waals surface area contributed by atoms with Crippen LogP contribution in [0.15, 0.2) is 53.9 Å². The monoisotopic (exact) mass is 425 g/mol. The van der Waals surface area contributed by atoms with Crippen molar-refractivity contribution < 1.29 is 19.2 Å². The molecule has 0 spiro atoms. The van der Waals surface area contributed by atoms with Crippen molar-refractivity contribution >= 4 is 34.0 Å². The van der Waals surface area contributed by atoms with Gasteiger partial charge < -0.3 is 10.1 Å². The Morgan fingerprint density at radius 1 is 1.10 bits per heavy atom. The molecule has 0 saturated heterocycles. The lowest BCUT2D eigenvalue weighted by atomic mass is 10.1. The number of rotatable bonds is 8. The van der Waals surface area contributed by atoms with E-state index in [2.05, 4.69) is 10.3 Å². The van der Waals surface area contributed by atoms with Crippen LogP contribution in [0.2, 0.25) is 0 Å². The average molecular weight is 425 g/mol. The summed E-state index contributed by atoms with van der Waals surface area (Å²) in [6.07, 6.45) is -0.104. The van der Waals surface area contributed by atoms with Crippen LogP contribution >= 0.6 is 11.3 Å². The molecular weight excluding hydrogens is 406 g/mol. The predicted octanol–water partition coefficient (Wildman–Crippen LogP) is 4.49. The molecule has 0 bridgehead atoms. The molecule has 1 heterocycles. The molecule has 1 N–H and O–H groups in total. The number of benzene rings is 2. The van der Waals surface area contributed by atoms with Crippen LogP contribution in [-0.2, 0) is 20.9 Å². The van der Waals surface area contributed by atoms with E-state index in [4.69, 9.17) is 4.74 Å². The van der Waals surface area contributed by atoms with Crippen molar-refractivity contribution in [1.29, 1.82) is 0 Å². The molecule has 0 aliphatic heterocycles. The number of hydrogen-bond acceptors (Lipinski definition) is 7. The molecule has 3 rings (SSSR count). The molecule has 0 aliphatic rings. The molecule has 1 aromatic heterocycles. The second-order valence-corrected chi connectivity index (χ2v) is 7.39. The molecule has 0 saturated carbocycles. The largest absolute Gasteiger partial charge is 0.461 e. The summed E-state index contributed by atoms with van der Waals surface area (Å²) in [7, 11) is 0. The number of amides is 1. The van der Waals surface area contributed by atoms with E-state index in [9.17, 15) is 19.7 Å². The first-order valence-electron chi connectivity index (χ1n) is 9.12. The maximum Gasteiger partial charge on any atom is 0.306 e. The minimum absolute atomic E-state index is 0.00909. The SMILES string of the molecule is Cc1ccc(-c2csc(NC(=O)CCC(=O)OCc3ccc([N+](=O)[O-])cc3)n2)cc1. The first kappa shape index (κ1) is 21.1. The number of anilines is 1. The maximum atomic E-state index is 12.1. The number of non-ortho nitro benzene ring substituents is 1. The van der Waals surface area contributed by atoms with Crippen LogP contribution in [0.3, 0.4) is 0 Å². The lowest BCUT2D eigenvalue weighted by Gasteiger charge is -2.05. The van der Waals surface area contributed by atoms with Gasteiger partial charge in [-0.25, -0.2) is 4.98 Å². The molecule has 8 nitrogen and oxygen atoms in total. The molecule has 3 aromatic rings. The van der Waals surface area contributed by atoms with Gasteiger partial charge in [0.25, 0.3) is 5.69 Å². The smallest absolute Gasteiger partial charge is 0.306 e. The van der Waals surface area contributed by atoms with Gasteiger partial charge in [-0.05, 0) is 24.6 Å². The van der Waals surface area contributed by atoms with Crippen LogP contribution in [-0.4, -0.2) is 21.8 Å². The van der Waals surface area contributed by atoms with Crippen LogP contribution < -0.4 is 5.32 Å². The summed E-state index contributed by atoms with van der Waals surface area (Å²) in [5.74, 6) is -0.852. The van der Waals surface area contributed by atoms with Crippen molar-refractivity contribution in [3.63, 3.8) is 0 Å². The van der Waals surface area contributed by atoms with E-state index < -0.39 is 10.9 Å². The number of carbonyl (C=O) groups excluding carboxylic acids is 2. The summed E-state index contributed by atoms with van der Waals surface area (Å²) in [4.78, 5) is 38.4. The number of nitrogens with one attached hydrogen (secondary N) is 1. The molecule has 0 atom stereocenters. The number of thiazole rings is 1. The topological polar surface area (TPSA) is 111 Å². The van der Waals surface area contributed by atoms with E-state index in [1.165, 1.54) is 35.6 Å². The normalized spacial score (nSPS) is 10.4. The number of esters is 1. The summed E-state index contributed by atoms with van der Waals surface area (Å²) in [6.45, 7) is 2.00. The van der Waals surface area contributed by atoms with Crippen molar-refractivity contribution in [1.82, 2.24) is 4.98 Å². The highest BCUT2D eigenvalue weighted by molar-refractivity contribution is 7.14. The van der Waals surface area contributed by atoms with Gasteiger partial charge in [0.2, 0.25) is 5.91 Å². The summed E-state index contributed by atoms with van der Waals surface area (Å²) in [5, 5.41) is 15.6. The van der Waals surface area contributed by atoms with Crippen LogP contribution in [0.25, 0.3) is 11.3 Å². The Bertz CT molecular complexity index is 1050. The van der Waals surface area contributed by atoms with Crippen LogP contribution in [0, 0.1) is 17.0 Å². The number of aromatic nitrogens is 1. The molecule has 9 heteroatoms. The standard InChI is InChI=1S/C21H19N3O5S/c1-14-2-6-16(7-3-14)18-13-30-21(22-18)23-19(25)10-11-20(26)29-12-15-4-8-17(9-5-15)24(27)28/h2-9,13H,10-12H2,1H3,(H,22,23,25). The fraction of sp³-hybridized carbons (Fsp3) is 0.190. The van der Waals surface area contributed by atoms with Gasteiger partial charge in [-0.2, -0.15) is 0 Å². The second-order valence-electron chi connectivity index (χ2n) is 6.54. The number of ether oxygens (including phenoxy) is 1. The second kappa shape index (κ2) is 9.75. The molecule has 0 radical (unpaired) electrons. The molecule has 2 aromatic carbocycles. The number of nitrogens with zero attached hydrogens (tertiary/aromatic N) is 2. The highest BCUT2D eigenvalue weighted by atomic mass is 32.1. The third kappa shape index (κ3) is 5.95. The van der Waals surface area contributed by atoms with Crippen molar-refractivity contribution in [3.8, 4) is 11.3 Å². The number of carbonyl (C=O) groups is 2. The first-order chi connectivity index (χ1) is 14.4. The predicted molar refractivity (Wildman–Crippen MR) is 113 cm³/mol. The van der Waals surface area contributed by atoms with E-state index >= 15 is 0 Å². The molecule has 0 unspecified atom stereocenters. The lowest BCUT2D eigenvalue weighted by molar-refractivity contribution is -0.384. The Balaban J connectivity index is 1.42. The molecular formula is C21H19N3O5S. The quantitative estimate of drug-likeness (QED) is 0.323. The summed E-state index contributed by atoms with van der Waals surface area (Å²) < 4.78 is 5.10. The summed E-state index contributed by atoms with van der Waals surface area (Å²) in [6, 6.07) is 13.7. The van der Waals surface area contributed by atoms with Crippen LogP contribution in [0.5, 0.6) is 0 Å². The van der Waals surface area contributed by atoms with Crippen LogP contribution in [0.4, 0.5) is 10.8 Å². The zero-order valence-electron chi connectivity index (χ0n) is 16.2. The van der Waals surface area contributed by atoms with Gasteiger partial charge in [-0.3, -0.25) is 19.7 Å². The Morgan fingerprint density at radius 3 is 2.47 bits per heavy atom. The fourth-order valence-electron chi connectivity index (χ4n) is 2.54. The zero-order valence-corrected chi connectivity index (χ0v) is 17.0. The van der Waals surface area contributed by atoms with Crippen LogP contribution in [0.1, 0.15) is 24.0 Å². The van der Waals surface area contributed by atoms with E-state index in [1.807, 2.05) is 36.6 Å².